The normalized spacial score (nSPS) is 11.4. The molecule has 3 N–H and O–H groups in total. The van der Waals surface area contributed by atoms with Gasteiger partial charge in [0.1, 0.15) is 17.3 Å². The second-order valence-corrected chi connectivity index (χ2v) is 4.55. The highest BCUT2D eigenvalue weighted by Crippen LogP contribution is 2.30. The molecule has 0 atom stereocenters. The molecule has 0 fully saturated rings. The van der Waals surface area contributed by atoms with Gasteiger partial charge in [-0.25, -0.2) is 4.39 Å². The van der Waals surface area contributed by atoms with Gasteiger partial charge in [-0.3, -0.25) is 0 Å². The minimum absolute atomic E-state index is 0.0932. The Bertz CT molecular complexity index is 674. The van der Waals surface area contributed by atoms with Crippen molar-refractivity contribution in [2.75, 3.05) is 0 Å². The molecular weight excluding hydrogens is 283 g/mol. The molecule has 2 aromatic rings. The lowest BCUT2D eigenvalue weighted by Crippen LogP contribution is -2.16. The Labute approximate surface area is 120 Å². The van der Waals surface area contributed by atoms with Gasteiger partial charge in [-0.2, -0.15) is 0 Å². The number of aryl methyl sites for hydroxylation is 1. The van der Waals surface area contributed by atoms with Gasteiger partial charge in [-0.1, -0.05) is 22.8 Å². The van der Waals surface area contributed by atoms with Crippen molar-refractivity contribution in [1.29, 1.82) is 0 Å². The van der Waals surface area contributed by atoms with Crippen molar-refractivity contribution in [1.82, 2.24) is 0 Å². The topological polar surface area (TPSA) is 67.8 Å². The average molecular weight is 295 g/mol. The van der Waals surface area contributed by atoms with Crippen LogP contribution < -0.4 is 10.5 Å². The fraction of sp³-hybridized carbons (Fsp3) is 0.0714. The van der Waals surface area contributed by atoms with Crippen LogP contribution in [0.4, 0.5) is 4.39 Å². The minimum Gasteiger partial charge on any atom is -0.456 e. The van der Waals surface area contributed by atoms with Crippen LogP contribution in [0.2, 0.25) is 5.02 Å². The molecule has 0 aromatic heterocycles. The first-order valence-corrected chi connectivity index (χ1v) is 6.11. The Morgan fingerprint density at radius 1 is 1.30 bits per heavy atom. The number of nitrogens with two attached hydrogens (primary N) is 1. The second-order valence-electron chi connectivity index (χ2n) is 4.11. The third kappa shape index (κ3) is 2.83. The van der Waals surface area contributed by atoms with E-state index in [9.17, 15) is 4.39 Å². The predicted molar refractivity (Wildman–Crippen MR) is 75.2 cm³/mol. The largest absolute Gasteiger partial charge is 0.456 e. The summed E-state index contributed by atoms with van der Waals surface area (Å²) in [7, 11) is 0. The Balaban J connectivity index is 2.46. The molecule has 6 heteroatoms. The first-order chi connectivity index (χ1) is 9.52. The first-order valence-electron chi connectivity index (χ1n) is 5.73. The van der Waals surface area contributed by atoms with Crippen LogP contribution in [-0.4, -0.2) is 11.0 Å². The summed E-state index contributed by atoms with van der Waals surface area (Å²) in [6.07, 6.45) is 0. The molecule has 4 nitrogen and oxygen atoms in total. The summed E-state index contributed by atoms with van der Waals surface area (Å²) in [6, 6.07) is 9.26. The van der Waals surface area contributed by atoms with E-state index in [1.165, 1.54) is 18.2 Å². The maximum atomic E-state index is 13.8. The second kappa shape index (κ2) is 5.79. The van der Waals surface area contributed by atoms with Gasteiger partial charge in [0.15, 0.2) is 5.84 Å². The minimum atomic E-state index is -0.635. The number of halogens is 2. The van der Waals surface area contributed by atoms with Crippen LogP contribution in [0, 0.1) is 12.7 Å². The Hall–Kier alpha value is -2.27. The van der Waals surface area contributed by atoms with Crippen molar-refractivity contribution in [3.8, 4) is 11.5 Å². The number of ether oxygens (including phenoxy) is 1. The van der Waals surface area contributed by atoms with E-state index >= 15 is 0 Å². The van der Waals surface area contributed by atoms with E-state index in [2.05, 4.69) is 5.16 Å². The summed E-state index contributed by atoms with van der Waals surface area (Å²) in [5.74, 6) is -0.327. The Kier molecular flexibility index (Phi) is 4.10. The highest BCUT2D eigenvalue weighted by Gasteiger charge is 2.15. The highest BCUT2D eigenvalue weighted by atomic mass is 35.5. The quantitative estimate of drug-likeness (QED) is 0.393. The van der Waals surface area contributed by atoms with Crippen molar-refractivity contribution in [2.24, 2.45) is 10.9 Å². The van der Waals surface area contributed by atoms with Crippen molar-refractivity contribution in [3.05, 3.63) is 58.4 Å². The maximum Gasteiger partial charge on any atom is 0.176 e. The SMILES string of the molecule is Cc1cc(Cl)ccc1Oc1cccc(F)c1C(N)=NO. The highest BCUT2D eigenvalue weighted by molar-refractivity contribution is 6.30. The molecule has 2 rings (SSSR count). The Morgan fingerprint density at radius 2 is 2.05 bits per heavy atom. The third-order valence-electron chi connectivity index (χ3n) is 2.70. The molecule has 0 heterocycles. The van der Waals surface area contributed by atoms with Gasteiger partial charge in [0.25, 0.3) is 0 Å². The molecular formula is C14H12ClFN2O2. The molecule has 20 heavy (non-hydrogen) atoms. The summed E-state index contributed by atoms with van der Waals surface area (Å²) in [4.78, 5) is 0. The molecule has 0 aliphatic carbocycles. The summed E-state index contributed by atoms with van der Waals surface area (Å²) < 4.78 is 19.4. The van der Waals surface area contributed by atoms with Crippen molar-refractivity contribution in [3.63, 3.8) is 0 Å². The van der Waals surface area contributed by atoms with Crippen LogP contribution >= 0.6 is 11.6 Å². The van der Waals surface area contributed by atoms with E-state index < -0.39 is 5.82 Å². The summed E-state index contributed by atoms with van der Waals surface area (Å²) in [5.41, 5.74) is 6.16. The summed E-state index contributed by atoms with van der Waals surface area (Å²) >= 11 is 5.86. The zero-order valence-corrected chi connectivity index (χ0v) is 11.4. The van der Waals surface area contributed by atoms with Crippen LogP contribution in [0.1, 0.15) is 11.1 Å². The molecule has 0 radical (unpaired) electrons. The van der Waals surface area contributed by atoms with Gasteiger partial charge >= 0.3 is 0 Å². The van der Waals surface area contributed by atoms with Crippen molar-refractivity contribution < 1.29 is 14.3 Å². The number of hydrogen-bond acceptors (Lipinski definition) is 3. The molecule has 0 saturated heterocycles. The van der Waals surface area contributed by atoms with Crippen molar-refractivity contribution >= 4 is 17.4 Å². The van der Waals surface area contributed by atoms with Crippen molar-refractivity contribution in [2.45, 2.75) is 6.92 Å². The number of nitrogens with zero attached hydrogens (tertiary/aromatic N) is 1. The average Bonchev–Trinajstić information content (AvgIpc) is 2.41. The molecule has 0 spiro atoms. The number of rotatable bonds is 3. The van der Waals surface area contributed by atoms with E-state index in [1.807, 2.05) is 6.92 Å². The lowest BCUT2D eigenvalue weighted by Gasteiger charge is -2.12. The van der Waals surface area contributed by atoms with E-state index in [0.717, 1.165) is 5.56 Å². The van der Waals surface area contributed by atoms with E-state index in [-0.39, 0.29) is 17.1 Å². The maximum absolute atomic E-state index is 13.8. The van der Waals surface area contributed by atoms with Crippen LogP contribution in [0.3, 0.4) is 0 Å². The third-order valence-corrected chi connectivity index (χ3v) is 2.93. The number of hydrogen-bond donors (Lipinski definition) is 2. The number of amidine groups is 1. The first kappa shape index (κ1) is 14.1. The standard InChI is InChI=1S/C14H12ClFN2O2/c1-8-7-9(15)5-6-11(8)20-12-4-2-3-10(16)13(12)14(17)18-19/h2-7,19H,1H3,(H2,17,18). The smallest absolute Gasteiger partial charge is 0.176 e. The van der Waals surface area contributed by atoms with Crippen LogP contribution in [0.25, 0.3) is 0 Å². The zero-order valence-electron chi connectivity index (χ0n) is 10.6. The molecule has 0 bridgehead atoms. The number of oxime groups is 1. The molecule has 0 saturated carbocycles. The fourth-order valence-corrected chi connectivity index (χ4v) is 1.96. The number of benzene rings is 2. The lowest BCUT2D eigenvalue weighted by molar-refractivity contribution is 0.318. The summed E-state index contributed by atoms with van der Waals surface area (Å²) in [6.45, 7) is 1.81. The van der Waals surface area contributed by atoms with Gasteiger partial charge in [-0.05, 0) is 42.8 Å². The van der Waals surface area contributed by atoms with E-state index in [0.29, 0.717) is 10.8 Å². The Morgan fingerprint density at radius 3 is 2.70 bits per heavy atom. The van der Waals surface area contributed by atoms with E-state index in [1.54, 1.807) is 18.2 Å². The zero-order chi connectivity index (χ0) is 14.7. The molecule has 0 amide bonds. The van der Waals surface area contributed by atoms with Gasteiger partial charge in [0, 0.05) is 5.02 Å². The molecule has 0 unspecified atom stereocenters. The van der Waals surface area contributed by atoms with Crippen LogP contribution in [0.5, 0.6) is 11.5 Å². The summed E-state index contributed by atoms with van der Waals surface area (Å²) in [5, 5.41) is 12.1. The molecule has 0 aliphatic rings. The molecule has 0 aliphatic heterocycles. The van der Waals surface area contributed by atoms with Gasteiger partial charge < -0.3 is 15.7 Å². The molecule has 2 aromatic carbocycles. The fourth-order valence-electron chi connectivity index (χ4n) is 1.73. The van der Waals surface area contributed by atoms with Gasteiger partial charge in [0.2, 0.25) is 0 Å². The monoisotopic (exact) mass is 294 g/mol. The molecule has 104 valence electrons. The predicted octanol–water partition coefficient (Wildman–Crippen LogP) is 3.67. The van der Waals surface area contributed by atoms with Crippen LogP contribution in [-0.2, 0) is 0 Å². The van der Waals surface area contributed by atoms with E-state index in [4.69, 9.17) is 27.3 Å². The van der Waals surface area contributed by atoms with Crippen LogP contribution in [0.15, 0.2) is 41.6 Å². The lowest BCUT2D eigenvalue weighted by atomic mass is 10.1. The van der Waals surface area contributed by atoms with Gasteiger partial charge in [-0.15, -0.1) is 0 Å². The van der Waals surface area contributed by atoms with Gasteiger partial charge in [0.05, 0.1) is 5.56 Å².